The Morgan fingerprint density at radius 2 is 2.00 bits per heavy atom. The minimum atomic E-state index is 0.536. The van der Waals surface area contributed by atoms with Gasteiger partial charge in [-0.15, -0.1) is 0 Å². The van der Waals surface area contributed by atoms with Crippen LogP contribution in [-0.4, -0.2) is 15.2 Å². The molecule has 3 N–H and O–H groups in total. The van der Waals surface area contributed by atoms with E-state index in [9.17, 15) is 0 Å². The number of nitrogens with zero attached hydrogens (tertiary/aromatic N) is 2. The Balaban J connectivity index is 2.22. The molecule has 2 heterocycles. The van der Waals surface area contributed by atoms with Crippen molar-refractivity contribution in [2.75, 3.05) is 5.73 Å². The molecule has 0 amide bonds. The summed E-state index contributed by atoms with van der Waals surface area (Å²) in [5, 5.41) is 9.03. The molecule has 0 bridgehead atoms. The quantitative estimate of drug-likeness (QED) is 0.647. The van der Waals surface area contributed by atoms with Crippen molar-refractivity contribution >= 4 is 16.6 Å². The minimum Gasteiger partial charge on any atom is -0.384 e. The lowest BCUT2D eigenvalue weighted by Crippen LogP contribution is -1.89. The van der Waals surface area contributed by atoms with E-state index in [2.05, 4.69) is 21.2 Å². The molecule has 0 atom stereocenters. The maximum absolute atomic E-state index is 5.66. The zero-order valence-electron chi connectivity index (χ0n) is 8.51. The highest BCUT2D eigenvalue weighted by Crippen LogP contribution is 2.23. The smallest absolute Gasteiger partial charge is 0.123 e. The molecule has 0 spiro atoms. The summed E-state index contributed by atoms with van der Waals surface area (Å²) in [7, 11) is 0. The van der Waals surface area contributed by atoms with Crippen LogP contribution in [0.25, 0.3) is 22.0 Å². The van der Waals surface area contributed by atoms with Crippen molar-refractivity contribution < 1.29 is 0 Å². The molecule has 0 aliphatic carbocycles. The zero-order valence-corrected chi connectivity index (χ0v) is 8.51. The van der Waals surface area contributed by atoms with E-state index in [1.165, 1.54) is 0 Å². The van der Waals surface area contributed by atoms with Gasteiger partial charge in [0.15, 0.2) is 0 Å². The standard InChI is InChI=1S/C12H10N4/c13-12-6-10-5-8(11-3-4-15-16-11)1-2-9(10)7-14-12/h1-7H,(H2,13,14)(H,15,16). The maximum Gasteiger partial charge on any atom is 0.123 e. The van der Waals surface area contributed by atoms with Gasteiger partial charge >= 0.3 is 0 Å². The number of H-pyrrole nitrogens is 1. The first-order chi connectivity index (χ1) is 7.83. The molecule has 0 radical (unpaired) electrons. The number of nitrogen functional groups attached to an aromatic ring is 1. The normalized spacial score (nSPS) is 10.8. The Bertz CT molecular complexity index is 629. The lowest BCUT2D eigenvalue weighted by Gasteiger charge is -2.02. The zero-order chi connectivity index (χ0) is 11.0. The van der Waals surface area contributed by atoms with Gasteiger partial charge in [0.25, 0.3) is 0 Å². The van der Waals surface area contributed by atoms with Crippen LogP contribution in [-0.2, 0) is 0 Å². The number of rotatable bonds is 1. The van der Waals surface area contributed by atoms with Crippen LogP contribution in [0.5, 0.6) is 0 Å². The van der Waals surface area contributed by atoms with Crippen molar-refractivity contribution in [2.45, 2.75) is 0 Å². The van der Waals surface area contributed by atoms with E-state index in [0.717, 1.165) is 22.0 Å². The van der Waals surface area contributed by atoms with E-state index < -0.39 is 0 Å². The van der Waals surface area contributed by atoms with Gasteiger partial charge in [-0.3, -0.25) is 5.10 Å². The number of hydrogen-bond donors (Lipinski definition) is 2. The Kier molecular flexibility index (Phi) is 1.86. The first-order valence-electron chi connectivity index (χ1n) is 4.98. The Morgan fingerprint density at radius 1 is 1.06 bits per heavy atom. The fourth-order valence-corrected chi connectivity index (χ4v) is 1.74. The van der Waals surface area contributed by atoms with Crippen LogP contribution in [0.2, 0.25) is 0 Å². The highest BCUT2D eigenvalue weighted by molar-refractivity contribution is 5.87. The number of pyridine rings is 1. The predicted octanol–water partition coefficient (Wildman–Crippen LogP) is 2.21. The van der Waals surface area contributed by atoms with E-state index in [0.29, 0.717) is 5.82 Å². The van der Waals surface area contributed by atoms with Crippen molar-refractivity contribution in [3.63, 3.8) is 0 Å². The van der Waals surface area contributed by atoms with Crippen molar-refractivity contribution in [3.8, 4) is 11.3 Å². The summed E-state index contributed by atoms with van der Waals surface area (Å²) in [4.78, 5) is 4.06. The first kappa shape index (κ1) is 8.91. The fourth-order valence-electron chi connectivity index (χ4n) is 1.74. The molecular weight excluding hydrogens is 200 g/mol. The number of aromatic amines is 1. The average molecular weight is 210 g/mol. The number of benzene rings is 1. The Hall–Kier alpha value is -2.36. The van der Waals surface area contributed by atoms with Gasteiger partial charge in [0.1, 0.15) is 5.82 Å². The molecule has 4 nitrogen and oxygen atoms in total. The summed E-state index contributed by atoms with van der Waals surface area (Å²) in [6, 6.07) is 9.94. The molecule has 0 aliphatic rings. The summed E-state index contributed by atoms with van der Waals surface area (Å²) in [6.07, 6.45) is 3.52. The maximum atomic E-state index is 5.66. The van der Waals surface area contributed by atoms with Gasteiger partial charge in [-0.05, 0) is 23.6 Å². The third kappa shape index (κ3) is 1.40. The van der Waals surface area contributed by atoms with Crippen LogP contribution in [0.1, 0.15) is 0 Å². The van der Waals surface area contributed by atoms with E-state index in [4.69, 9.17) is 5.73 Å². The van der Waals surface area contributed by atoms with Crippen LogP contribution in [0, 0.1) is 0 Å². The molecule has 16 heavy (non-hydrogen) atoms. The number of nitrogens with one attached hydrogen (secondary N) is 1. The fraction of sp³-hybridized carbons (Fsp3) is 0. The SMILES string of the molecule is Nc1cc2cc(-c3ccn[nH]3)ccc2cn1. The van der Waals surface area contributed by atoms with E-state index in [1.54, 1.807) is 12.4 Å². The van der Waals surface area contributed by atoms with Gasteiger partial charge in [0.2, 0.25) is 0 Å². The molecule has 0 aliphatic heterocycles. The van der Waals surface area contributed by atoms with Gasteiger partial charge in [-0.25, -0.2) is 4.98 Å². The van der Waals surface area contributed by atoms with Gasteiger partial charge in [-0.1, -0.05) is 12.1 Å². The number of anilines is 1. The molecule has 0 saturated heterocycles. The summed E-state index contributed by atoms with van der Waals surface area (Å²) in [5.74, 6) is 0.536. The number of nitrogens with two attached hydrogens (primary N) is 1. The third-order valence-corrected chi connectivity index (χ3v) is 2.55. The summed E-state index contributed by atoms with van der Waals surface area (Å²) in [5.41, 5.74) is 7.75. The molecule has 3 aromatic rings. The highest BCUT2D eigenvalue weighted by Gasteiger charge is 2.01. The number of hydrogen-bond acceptors (Lipinski definition) is 3. The Labute approximate surface area is 92.1 Å². The highest BCUT2D eigenvalue weighted by atomic mass is 15.1. The molecule has 1 aromatic carbocycles. The molecule has 0 fully saturated rings. The summed E-state index contributed by atoms with van der Waals surface area (Å²) in [6.45, 7) is 0. The van der Waals surface area contributed by atoms with Crippen molar-refractivity contribution in [3.05, 3.63) is 42.7 Å². The lowest BCUT2D eigenvalue weighted by atomic mass is 10.1. The average Bonchev–Trinajstić information content (AvgIpc) is 2.81. The second-order valence-electron chi connectivity index (χ2n) is 3.64. The van der Waals surface area contributed by atoms with Crippen molar-refractivity contribution in [1.29, 1.82) is 0 Å². The Morgan fingerprint density at radius 3 is 2.81 bits per heavy atom. The first-order valence-corrected chi connectivity index (χ1v) is 4.98. The topological polar surface area (TPSA) is 67.6 Å². The van der Waals surface area contributed by atoms with Gasteiger partial charge in [0.05, 0.1) is 5.69 Å². The molecule has 4 heteroatoms. The second-order valence-corrected chi connectivity index (χ2v) is 3.64. The predicted molar refractivity (Wildman–Crippen MR) is 63.7 cm³/mol. The van der Waals surface area contributed by atoms with E-state index >= 15 is 0 Å². The van der Waals surface area contributed by atoms with Crippen LogP contribution >= 0.6 is 0 Å². The molecule has 2 aromatic heterocycles. The minimum absolute atomic E-state index is 0.536. The van der Waals surface area contributed by atoms with Gasteiger partial charge in [-0.2, -0.15) is 5.10 Å². The van der Waals surface area contributed by atoms with Crippen molar-refractivity contribution in [1.82, 2.24) is 15.2 Å². The summed E-state index contributed by atoms with van der Waals surface area (Å²) < 4.78 is 0. The van der Waals surface area contributed by atoms with Crippen LogP contribution < -0.4 is 5.73 Å². The number of aromatic nitrogens is 3. The van der Waals surface area contributed by atoms with Gasteiger partial charge in [0, 0.05) is 23.3 Å². The number of fused-ring (bicyclic) bond motifs is 1. The van der Waals surface area contributed by atoms with Crippen LogP contribution in [0.3, 0.4) is 0 Å². The molecule has 0 unspecified atom stereocenters. The van der Waals surface area contributed by atoms with E-state index in [-0.39, 0.29) is 0 Å². The van der Waals surface area contributed by atoms with Gasteiger partial charge < -0.3 is 5.73 Å². The molecule has 78 valence electrons. The molecule has 3 rings (SSSR count). The molecule has 0 saturated carbocycles. The van der Waals surface area contributed by atoms with Crippen LogP contribution in [0.4, 0.5) is 5.82 Å². The van der Waals surface area contributed by atoms with Crippen molar-refractivity contribution in [2.24, 2.45) is 0 Å². The second kappa shape index (κ2) is 3.34. The monoisotopic (exact) mass is 210 g/mol. The summed E-state index contributed by atoms with van der Waals surface area (Å²) >= 11 is 0. The van der Waals surface area contributed by atoms with E-state index in [1.807, 2.05) is 24.3 Å². The third-order valence-electron chi connectivity index (χ3n) is 2.55. The largest absolute Gasteiger partial charge is 0.384 e. The lowest BCUT2D eigenvalue weighted by molar-refractivity contribution is 1.10. The molecular formula is C12H10N4. The van der Waals surface area contributed by atoms with Crippen LogP contribution in [0.15, 0.2) is 42.7 Å².